The first kappa shape index (κ1) is 7.27. The van der Waals surface area contributed by atoms with Gasteiger partial charge in [-0.25, -0.2) is 3.11 Å². The second-order valence-corrected chi connectivity index (χ2v) is 3.41. The van der Waals surface area contributed by atoms with Crippen LogP contribution in [0.25, 0.3) is 0 Å². The Morgan fingerprint density at radius 1 is 1.67 bits per heavy atom. The molecule has 1 aliphatic heterocycles. The third kappa shape index (κ3) is 2.49. The predicted octanol–water partition coefficient (Wildman–Crippen LogP) is 0.158. The van der Waals surface area contributed by atoms with Gasteiger partial charge in [0, 0.05) is 36.0 Å². The molecular weight excluding hydrogens is 231 g/mol. The maximum absolute atomic E-state index is 10.7. The molecule has 0 aliphatic carbocycles. The van der Waals surface area contributed by atoms with Gasteiger partial charge >= 0.3 is 0 Å². The molecule has 4 heteroatoms. The van der Waals surface area contributed by atoms with Gasteiger partial charge in [0.25, 0.3) is 0 Å². The highest BCUT2D eigenvalue weighted by atomic mass is 127. The highest BCUT2D eigenvalue weighted by Crippen LogP contribution is 2.01. The van der Waals surface area contributed by atoms with E-state index in [9.17, 15) is 4.79 Å². The second kappa shape index (κ2) is 3.36. The fraction of sp³-hybridized carbons (Fsp3) is 0.800. The quantitative estimate of drug-likeness (QED) is 0.483. The summed E-state index contributed by atoms with van der Waals surface area (Å²) in [4.78, 5) is 10.7. The highest BCUT2D eigenvalue weighted by molar-refractivity contribution is 14.1. The molecule has 1 rings (SSSR count). The van der Waals surface area contributed by atoms with Crippen molar-refractivity contribution in [3.8, 4) is 0 Å². The Bertz CT molecular complexity index is 118. The van der Waals surface area contributed by atoms with Gasteiger partial charge in [-0.05, 0) is 6.42 Å². The molecule has 0 unspecified atom stereocenters. The molecule has 0 atom stereocenters. The number of carbonyl (C=O) groups is 1. The smallest absolute Gasteiger partial charge is 0.235 e. The lowest BCUT2D eigenvalue weighted by Crippen LogP contribution is -2.27. The van der Waals surface area contributed by atoms with E-state index in [4.69, 9.17) is 0 Å². The Kier molecular flexibility index (Phi) is 2.71. The Hall–Kier alpha value is 0.160. The van der Waals surface area contributed by atoms with E-state index in [1.807, 2.05) is 3.11 Å². The van der Waals surface area contributed by atoms with Crippen LogP contribution >= 0.6 is 22.9 Å². The average molecular weight is 240 g/mol. The van der Waals surface area contributed by atoms with Gasteiger partial charge in [0.05, 0.1) is 6.54 Å². The fourth-order valence-electron chi connectivity index (χ4n) is 0.769. The van der Waals surface area contributed by atoms with Crippen molar-refractivity contribution < 1.29 is 4.79 Å². The summed E-state index contributed by atoms with van der Waals surface area (Å²) in [5.74, 6) is 0.141. The van der Waals surface area contributed by atoms with Crippen LogP contribution in [0, 0.1) is 0 Å². The Balaban J connectivity index is 2.37. The van der Waals surface area contributed by atoms with Crippen molar-refractivity contribution in [1.82, 2.24) is 8.43 Å². The summed E-state index contributed by atoms with van der Waals surface area (Å²) in [6.07, 6.45) is 1.06. The van der Waals surface area contributed by atoms with Gasteiger partial charge in [-0.15, -0.1) is 0 Å². The number of hydrogen-bond donors (Lipinski definition) is 1. The molecule has 0 saturated carbocycles. The first-order valence-electron chi connectivity index (χ1n) is 2.96. The van der Waals surface area contributed by atoms with Crippen molar-refractivity contribution in [1.29, 1.82) is 0 Å². The zero-order chi connectivity index (χ0) is 6.69. The van der Waals surface area contributed by atoms with E-state index in [1.165, 1.54) is 0 Å². The molecule has 1 heterocycles. The summed E-state index contributed by atoms with van der Waals surface area (Å²) < 4.78 is 2.00. The first-order chi connectivity index (χ1) is 4.29. The zero-order valence-corrected chi connectivity index (χ0v) is 7.22. The van der Waals surface area contributed by atoms with Crippen LogP contribution in [-0.2, 0) is 4.79 Å². The first-order valence-corrected chi connectivity index (χ1v) is 3.93. The molecule has 0 aromatic heterocycles. The molecule has 1 N–H and O–H groups in total. The van der Waals surface area contributed by atoms with Crippen molar-refractivity contribution in [2.75, 3.05) is 19.6 Å². The number of hydrogen-bond acceptors (Lipinski definition) is 2. The van der Waals surface area contributed by atoms with Crippen LogP contribution in [-0.4, -0.2) is 28.7 Å². The van der Waals surface area contributed by atoms with E-state index < -0.39 is 0 Å². The largest absolute Gasteiger partial charge is 0.355 e. The third-order valence-corrected chi connectivity index (χ3v) is 2.04. The topological polar surface area (TPSA) is 32.3 Å². The number of nitrogens with one attached hydrogen (secondary N) is 1. The van der Waals surface area contributed by atoms with Crippen LogP contribution in [0.3, 0.4) is 0 Å². The molecule has 0 bridgehead atoms. The van der Waals surface area contributed by atoms with Crippen molar-refractivity contribution in [2.24, 2.45) is 0 Å². The predicted molar refractivity (Wildman–Crippen MR) is 43.2 cm³/mol. The molecule has 0 aromatic rings. The molecule has 9 heavy (non-hydrogen) atoms. The Labute approximate surface area is 68.3 Å². The van der Waals surface area contributed by atoms with Crippen LogP contribution in [0.5, 0.6) is 0 Å². The maximum atomic E-state index is 10.7. The SMILES string of the molecule is O=C1CN(I)CCCN1. The number of nitrogens with zero attached hydrogens (tertiary/aromatic N) is 1. The van der Waals surface area contributed by atoms with E-state index in [2.05, 4.69) is 28.2 Å². The van der Waals surface area contributed by atoms with Crippen molar-refractivity contribution in [3.63, 3.8) is 0 Å². The lowest BCUT2D eigenvalue weighted by atomic mass is 10.4. The van der Waals surface area contributed by atoms with Gasteiger partial charge in [-0.1, -0.05) is 0 Å². The number of amides is 1. The third-order valence-electron chi connectivity index (χ3n) is 1.21. The summed E-state index contributed by atoms with van der Waals surface area (Å²) in [5, 5.41) is 2.79. The lowest BCUT2D eigenvalue weighted by molar-refractivity contribution is -0.120. The van der Waals surface area contributed by atoms with Crippen molar-refractivity contribution >= 4 is 28.8 Å². The number of halogens is 1. The monoisotopic (exact) mass is 240 g/mol. The molecule has 52 valence electrons. The summed E-state index contributed by atoms with van der Waals surface area (Å²) in [7, 11) is 0. The molecule has 0 aromatic carbocycles. The minimum absolute atomic E-state index is 0.141. The van der Waals surface area contributed by atoms with Gasteiger partial charge < -0.3 is 5.32 Å². The summed E-state index contributed by atoms with van der Waals surface area (Å²) in [6.45, 7) is 2.39. The summed E-state index contributed by atoms with van der Waals surface area (Å²) >= 11 is 2.17. The molecule has 1 fully saturated rings. The molecule has 1 aliphatic rings. The number of carbonyl (C=O) groups excluding carboxylic acids is 1. The van der Waals surface area contributed by atoms with Crippen LogP contribution in [0.2, 0.25) is 0 Å². The average Bonchev–Trinajstić information content (AvgIpc) is 1.93. The molecule has 1 amide bonds. The highest BCUT2D eigenvalue weighted by Gasteiger charge is 2.10. The second-order valence-electron chi connectivity index (χ2n) is 2.05. The van der Waals surface area contributed by atoms with Gasteiger partial charge in [0.15, 0.2) is 0 Å². The normalized spacial score (nSPS) is 23.0. The molecular formula is C5H9IN2O. The van der Waals surface area contributed by atoms with Crippen molar-refractivity contribution in [3.05, 3.63) is 0 Å². The van der Waals surface area contributed by atoms with Crippen LogP contribution < -0.4 is 5.32 Å². The zero-order valence-electron chi connectivity index (χ0n) is 5.06. The fourth-order valence-corrected chi connectivity index (χ4v) is 1.42. The number of rotatable bonds is 0. The minimum Gasteiger partial charge on any atom is -0.355 e. The maximum Gasteiger partial charge on any atom is 0.235 e. The standard InChI is InChI=1S/C5H9IN2O/c6-8-3-1-2-7-5(9)4-8/h1-4H2,(H,7,9). The molecule has 1 saturated heterocycles. The molecule has 0 radical (unpaired) electrons. The van der Waals surface area contributed by atoms with E-state index in [0.29, 0.717) is 6.54 Å². The van der Waals surface area contributed by atoms with Crippen molar-refractivity contribution in [2.45, 2.75) is 6.42 Å². The van der Waals surface area contributed by atoms with Crippen LogP contribution in [0.1, 0.15) is 6.42 Å². The molecule has 0 spiro atoms. The lowest BCUT2D eigenvalue weighted by Gasteiger charge is -2.05. The Morgan fingerprint density at radius 3 is 3.22 bits per heavy atom. The summed E-state index contributed by atoms with van der Waals surface area (Å²) in [6, 6.07) is 0. The molecule has 3 nitrogen and oxygen atoms in total. The van der Waals surface area contributed by atoms with Gasteiger partial charge in [-0.3, -0.25) is 4.79 Å². The van der Waals surface area contributed by atoms with Gasteiger partial charge in [0.2, 0.25) is 5.91 Å². The van der Waals surface area contributed by atoms with Gasteiger partial charge in [-0.2, -0.15) is 0 Å². The van der Waals surface area contributed by atoms with E-state index in [-0.39, 0.29) is 5.91 Å². The van der Waals surface area contributed by atoms with E-state index in [0.717, 1.165) is 19.5 Å². The van der Waals surface area contributed by atoms with E-state index in [1.54, 1.807) is 0 Å². The van der Waals surface area contributed by atoms with Gasteiger partial charge in [0.1, 0.15) is 0 Å². The van der Waals surface area contributed by atoms with E-state index >= 15 is 0 Å². The van der Waals surface area contributed by atoms with Crippen LogP contribution in [0.15, 0.2) is 0 Å². The minimum atomic E-state index is 0.141. The Morgan fingerprint density at radius 2 is 2.44 bits per heavy atom. The summed E-state index contributed by atoms with van der Waals surface area (Å²) in [5.41, 5.74) is 0. The van der Waals surface area contributed by atoms with Crippen LogP contribution in [0.4, 0.5) is 0 Å².